The molecule has 0 saturated carbocycles. The van der Waals surface area contributed by atoms with Crippen LogP contribution in [0.2, 0.25) is 0 Å². The first-order chi connectivity index (χ1) is 16.9. The number of hydrogen-bond acceptors (Lipinski definition) is 11. The summed E-state index contributed by atoms with van der Waals surface area (Å²) in [6, 6.07) is -2.30. The normalized spacial score (nSPS) is 19.4. The third kappa shape index (κ3) is 13.0. The molecule has 16 heteroatoms. The monoisotopic (exact) mass is 536 g/mol. The van der Waals surface area contributed by atoms with Gasteiger partial charge in [-0.1, -0.05) is 0 Å². The second kappa shape index (κ2) is 16.3. The number of carboxylic acids is 4. The van der Waals surface area contributed by atoms with Gasteiger partial charge in [0.05, 0.1) is 25.7 Å². The van der Waals surface area contributed by atoms with Crippen molar-refractivity contribution in [2.45, 2.75) is 12.1 Å². The number of nitrogens with two attached hydrogens (primary N) is 1. The largest absolute Gasteiger partial charge is 0.480 e. The Morgan fingerprint density at radius 2 is 1.03 bits per heavy atom. The number of rotatable bonds is 12. The molecular formula is C20H36N6O9S. The molecule has 0 aromatic carbocycles. The van der Waals surface area contributed by atoms with E-state index in [-0.39, 0.29) is 84.3 Å². The molecule has 1 unspecified atom stereocenters. The van der Waals surface area contributed by atoms with E-state index in [1.54, 1.807) is 19.6 Å². The van der Waals surface area contributed by atoms with E-state index in [0.29, 0.717) is 0 Å². The van der Waals surface area contributed by atoms with Gasteiger partial charge in [-0.15, -0.1) is 0 Å². The molecule has 2 atom stereocenters. The smallest absolute Gasteiger partial charge is 0.327 e. The van der Waals surface area contributed by atoms with Gasteiger partial charge in [-0.25, -0.2) is 4.79 Å². The van der Waals surface area contributed by atoms with Gasteiger partial charge in [-0.3, -0.25) is 38.8 Å². The number of nitrogens with one attached hydrogen (secondary N) is 1. The Hall–Kier alpha value is -2.50. The number of amides is 1. The molecule has 206 valence electrons. The lowest BCUT2D eigenvalue weighted by atomic mass is 10.2. The quantitative estimate of drug-likeness (QED) is 0.119. The maximum absolute atomic E-state index is 12.1. The SMILES string of the molecule is N[C@@H](CS)C(=O)NC(CN1CCN(CC(=O)O)CCN(CC(=O)O)CCN(CC(=O)O)CC1)C(=O)O. The fraction of sp³-hybridized carbons (Fsp3) is 0.750. The molecule has 1 fully saturated rings. The first-order valence-electron chi connectivity index (χ1n) is 11.4. The van der Waals surface area contributed by atoms with Gasteiger partial charge in [0.1, 0.15) is 6.04 Å². The summed E-state index contributed by atoms with van der Waals surface area (Å²) in [6.45, 7) is 0.888. The standard InChI is InChI=1S/C20H36N6O9S/c21-14(13-36)19(33)22-15(20(34)35)9-23-1-3-24(10-16(27)28)5-7-26(12-18(31)32)8-6-25(4-2-23)11-17(29)30/h14-15,36H,1-13,21H2,(H,22,33)(H,27,28)(H,29,30)(H,31,32)(H,34,35)/t14-,15?/m0/s1. The Labute approximate surface area is 214 Å². The minimum Gasteiger partial charge on any atom is -0.480 e. The molecule has 1 aliphatic heterocycles. The third-order valence-electron chi connectivity index (χ3n) is 5.60. The van der Waals surface area contributed by atoms with Crippen molar-refractivity contribution in [2.75, 3.05) is 84.3 Å². The first-order valence-corrected chi connectivity index (χ1v) is 12.0. The van der Waals surface area contributed by atoms with Crippen molar-refractivity contribution < 1.29 is 44.4 Å². The van der Waals surface area contributed by atoms with Crippen LogP contribution >= 0.6 is 12.6 Å². The van der Waals surface area contributed by atoms with Crippen molar-refractivity contribution in [2.24, 2.45) is 5.73 Å². The summed E-state index contributed by atoms with van der Waals surface area (Å²) in [5.41, 5.74) is 5.62. The molecule has 0 bridgehead atoms. The van der Waals surface area contributed by atoms with E-state index in [1.807, 2.05) is 0 Å². The van der Waals surface area contributed by atoms with Crippen LogP contribution in [-0.4, -0.2) is 166 Å². The van der Waals surface area contributed by atoms with Crippen molar-refractivity contribution >= 4 is 42.4 Å². The van der Waals surface area contributed by atoms with Crippen LogP contribution < -0.4 is 11.1 Å². The zero-order valence-corrected chi connectivity index (χ0v) is 20.9. The predicted molar refractivity (Wildman–Crippen MR) is 130 cm³/mol. The fourth-order valence-corrected chi connectivity index (χ4v) is 3.78. The number of carbonyl (C=O) groups excluding carboxylic acids is 1. The molecule has 0 spiro atoms. The number of hydrogen-bond donors (Lipinski definition) is 7. The van der Waals surface area contributed by atoms with Crippen molar-refractivity contribution in [3.05, 3.63) is 0 Å². The van der Waals surface area contributed by atoms with Gasteiger partial charge in [0, 0.05) is 64.7 Å². The highest BCUT2D eigenvalue weighted by molar-refractivity contribution is 7.80. The van der Waals surface area contributed by atoms with Gasteiger partial charge >= 0.3 is 23.9 Å². The molecule has 36 heavy (non-hydrogen) atoms. The summed E-state index contributed by atoms with van der Waals surface area (Å²) in [4.78, 5) is 64.4. The molecule has 0 aromatic rings. The molecule has 7 N–H and O–H groups in total. The highest BCUT2D eigenvalue weighted by Gasteiger charge is 2.27. The van der Waals surface area contributed by atoms with Gasteiger partial charge in [0.15, 0.2) is 0 Å². The van der Waals surface area contributed by atoms with Gasteiger partial charge < -0.3 is 31.5 Å². The summed E-state index contributed by atoms with van der Waals surface area (Å²) in [7, 11) is 0. The van der Waals surface area contributed by atoms with E-state index < -0.39 is 41.9 Å². The van der Waals surface area contributed by atoms with Crippen molar-refractivity contribution in [1.29, 1.82) is 0 Å². The Balaban J connectivity index is 3.08. The van der Waals surface area contributed by atoms with Gasteiger partial charge in [0.2, 0.25) is 5.91 Å². The topological polar surface area (TPSA) is 217 Å². The molecular weight excluding hydrogens is 500 g/mol. The number of thiol groups is 1. The van der Waals surface area contributed by atoms with E-state index in [4.69, 9.17) is 5.73 Å². The Morgan fingerprint density at radius 1 is 0.694 bits per heavy atom. The minimum absolute atomic E-state index is 0.0229. The van der Waals surface area contributed by atoms with E-state index in [0.717, 1.165) is 0 Å². The molecule has 1 aliphatic rings. The lowest BCUT2D eigenvalue weighted by Crippen LogP contribution is -2.55. The Bertz CT molecular complexity index is 742. The highest BCUT2D eigenvalue weighted by Crippen LogP contribution is 2.03. The molecule has 1 rings (SSSR count). The van der Waals surface area contributed by atoms with Crippen LogP contribution in [-0.2, 0) is 24.0 Å². The van der Waals surface area contributed by atoms with E-state index in [2.05, 4.69) is 17.9 Å². The van der Waals surface area contributed by atoms with Crippen LogP contribution in [0, 0.1) is 0 Å². The molecule has 0 aromatic heterocycles. The van der Waals surface area contributed by atoms with E-state index >= 15 is 0 Å². The molecule has 1 saturated heterocycles. The summed E-state index contributed by atoms with van der Waals surface area (Å²) in [5, 5.41) is 39.8. The molecule has 15 nitrogen and oxygen atoms in total. The molecule has 1 amide bonds. The Morgan fingerprint density at radius 3 is 1.31 bits per heavy atom. The van der Waals surface area contributed by atoms with Gasteiger partial charge in [0.25, 0.3) is 0 Å². The Kier molecular flexibility index (Phi) is 14.3. The average molecular weight is 537 g/mol. The third-order valence-corrected chi connectivity index (χ3v) is 5.99. The highest BCUT2D eigenvalue weighted by atomic mass is 32.1. The van der Waals surface area contributed by atoms with E-state index in [9.17, 15) is 44.4 Å². The maximum Gasteiger partial charge on any atom is 0.327 e. The van der Waals surface area contributed by atoms with Crippen LogP contribution in [0.4, 0.5) is 0 Å². The van der Waals surface area contributed by atoms with Crippen LogP contribution in [0.3, 0.4) is 0 Å². The second-order valence-corrected chi connectivity index (χ2v) is 8.86. The first kappa shape index (κ1) is 31.5. The lowest BCUT2D eigenvalue weighted by Gasteiger charge is -2.34. The summed E-state index contributed by atoms with van der Waals surface area (Å²) in [5.74, 6) is -5.12. The minimum atomic E-state index is -1.30. The second-order valence-electron chi connectivity index (χ2n) is 8.50. The summed E-state index contributed by atoms with van der Waals surface area (Å²) >= 11 is 3.94. The number of carbonyl (C=O) groups is 5. The zero-order chi connectivity index (χ0) is 27.3. The lowest BCUT2D eigenvalue weighted by molar-refractivity contribution is -0.142. The van der Waals surface area contributed by atoms with Crippen molar-refractivity contribution in [1.82, 2.24) is 24.9 Å². The van der Waals surface area contributed by atoms with Crippen molar-refractivity contribution in [3.63, 3.8) is 0 Å². The number of nitrogens with zero attached hydrogens (tertiary/aromatic N) is 4. The summed E-state index contributed by atoms with van der Waals surface area (Å²) in [6.07, 6.45) is 0. The van der Waals surface area contributed by atoms with Crippen LogP contribution in [0.25, 0.3) is 0 Å². The van der Waals surface area contributed by atoms with Gasteiger partial charge in [-0.05, 0) is 0 Å². The molecule has 1 heterocycles. The van der Waals surface area contributed by atoms with E-state index in [1.165, 1.54) is 0 Å². The fourth-order valence-electron chi connectivity index (χ4n) is 3.61. The van der Waals surface area contributed by atoms with Crippen LogP contribution in [0.1, 0.15) is 0 Å². The molecule has 0 aliphatic carbocycles. The maximum atomic E-state index is 12.1. The summed E-state index contributed by atoms with van der Waals surface area (Å²) < 4.78 is 0. The van der Waals surface area contributed by atoms with Gasteiger partial charge in [-0.2, -0.15) is 12.6 Å². The number of aliphatic carboxylic acids is 4. The number of carboxylic acid groups (broad SMARTS) is 4. The van der Waals surface area contributed by atoms with Crippen LogP contribution in [0.5, 0.6) is 0 Å². The van der Waals surface area contributed by atoms with Crippen LogP contribution in [0.15, 0.2) is 0 Å². The van der Waals surface area contributed by atoms with Crippen molar-refractivity contribution in [3.8, 4) is 0 Å². The average Bonchev–Trinajstić information content (AvgIpc) is 2.78. The predicted octanol–water partition coefficient (Wildman–Crippen LogP) is -3.71. The zero-order valence-electron chi connectivity index (χ0n) is 20.0. The molecule has 0 radical (unpaired) electrons.